The summed E-state index contributed by atoms with van der Waals surface area (Å²) in [6, 6.07) is 11.1. The fraction of sp³-hybridized carbons (Fsp3) is 0.533. The van der Waals surface area contributed by atoms with Crippen molar-refractivity contribution in [1.29, 1.82) is 0 Å². The fourth-order valence-corrected chi connectivity index (χ4v) is 3.11. The summed E-state index contributed by atoms with van der Waals surface area (Å²) in [5, 5.41) is 0. The molecule has 1 saturated carbocycles. The molecule has 2 N–H and O–H groups in total. The van der Waals surface area contributed by atoms with Gasteiger partial charge in [0, 0.05) is 0 Å². The van der Waals surface area contributed by atoms with Crippen LogP contribution in [0.2, 0.25) is 0 Å². The standard InChI is InChI=1S/C14H20.CH3NO/c1-3-12-10-11-14(12,4-2)13-8-6-5-7-9-13;2-1-3/h5-9,12H,3-4,10-11H2,1-2H3;1H,(H2,2,3). The molecule has 2 heteroatoms. The third-order valence-electron chi connectivity index (χ3n) is 4.19. The van der Waals surface area contributed by atoms with Crippen LogP contribution < -0.4 is 5.73 Å². The molecule has 2 unspecified atom stereocenters. The largest absolute Gasteiger partial charge is 0.372 e. The second-order valence-corrected chi connectivity index (χ2v) is 4.66. The van der Waals surface area contributed by atoms with Crippen LogP contribution in [0.5, 0.6) is 0 Å². The smallest absolute Gasteiger partial charge is 0.204 e. The Kier molecular flexibility index (Phi) is 5.20. The zero-order chi connectivity index (χ0) is 12.7. The molecule has 0 radical (unpaired) electrons. The van der Waals surface area contributed by atoms with E-state index in [1.165, 1.54) is 25.7 Å². The van der Waals surface area contributed by atoms with Gasteiger partial charge in [-0.05, 0) is 36.2 Å². The maximum absolute atomic E-state index is 8.58. The number of carbonyl (C=O) groups excluding carboxylic acids is 1. The molecular formula is C15H23NO. The van der Waals surface area contributed by atoms with Crippen molar-refractivity contribution in [3.8, 4) is 0 Å². The number of primary amides is 1. The highest BCUT2D eigenvalue weighted by Crippen LogP contribution is 2.52. The van der Waals surface area contributed by atoms with E-state index in [0.717, 1.165) is 5.92 Å². The normalized spacial score (nSPS) is 26.4. The highest BCUT2D eigenvalue weighted by atomic mass is 16.1. The van der Waals surface area contributed by atoms with Crippen molar-refractivity contribution in [2.24, 2.45) is 11.7 Å². The minimum Gasteiger partial charge on any atom is -0.372 e. The molecule has 1 aromatic rings. The van der Waals surface area contributed by atoms with E-state index in [1.807, 2.05) is 0 Å². The molecule has 0 aliphatic heterocycles. The molecule has 0 heterocycles. The molecule has 0 spiro atoms. The van der Waals surface area contributed by atoms with Crippen molar-refractivity contribution in [2.75, 3.05) is 0 Å². The van der Waals surface area contributed by atoms with Crippen molar-refractivity contribution in [2.45, 2.75) is 44.9 Å². The van der Waals surface area contributed by atoms with Gasteiger partial charge in [0.1, 0.15) is 0 Å². The van der Waals surface area contributed by atoms with Crippen molar-refractivity contribution in [1.82, 2.24) is 0 Å². The first kappa shape index (κ1) is 13.8. The van der Waals surface area contributed by atoms with Gasteiger partial charge in [-0.15, -0.1) is 0 Å². The first-order chi connectivity index (χ1) is 8.25. The van der Waals surface area contributed by atoms with Crippen LogP contribution in [-0.4, -0.2) is 6.41 Å². The van der Waals surface area contributed by atoms with E-state index < -0.39 is 0 Å². The molecule has 1 fully saturated rings. The van der Waals surface area contributed by atoms with E-state index >= 15 is 0 Å². The van der Waals surface area contributed by atoms with Crippen molar-refractivity contribution < 1.29 is 4.79 Å². The van der Waals surface area contributed by atoms with Gasteiger partial charge in [0.05, 0.1) is 0 Å². The number of nitrogens with two attached hydrogens (primary N) is 1. The average Bonchev–Trinajstić information content (AvgIpc) is 2.32. The van der Waals surface area contributed by atoms with Gasteiger partial charge in [-0.25, -0.2) is 0 Å². The molecule has 94 valence electrons. The monoisotopic (exact) mass is 233 g/mol. The SMILES string of the molecule is CCC1CCC1(CC)c1ccccc1.NC=O. The van der Waals surface area contributed by atoms with E-state index in [1.54, 1.807) is 5.56 Å². The number of benzene rings is 1. The maximum Gasteiger partial charge on any atom is 0.204 e. The van der Waals surface area contributed by atoms with Crippen LogP contribution in [0.4, 0.5) is 0 Å². The topological polar surface area (TPSA) is 43.1 Å². The Bertz CT molecular complexity index is 330. The van der Waals surface area contributed by atoms with E-state index in [-0.39, 0.29) is 6.41 Å². The Labute approximate surface area is 104 Å². The van der Waals surface area contributed by atoms with Crippen LogP contribution in [-0.2, 0) is 10.2 Å². The zero-order valence-electron chi connectivity index (χ0n) is 10.9. The summed E-state index contributed by atoms with van der Waals surface area (Å²) in [7, 11) is 0. The molecule has 1 aliphatic carbocycles. The number of hydrogen-bond acceptors (Lipinski definition) is 1. The summed E-state index contributed by atoms with van der Waals surface area (Å²) >= 11 is 0. The molecule has 0 bridgehead atoms. The summed E-state index contributed by atoms with van der Waals surface area (Å²) in [6.07, 6.45) is 5.71. The quantitative estimate of drug-likeness (QED) is 0.800. The van der Waals surface area contributed by atoms with Gasteiger partial charge in [0.2, 0.25) is 6.41 Å². The first-order valence-corrected chi connectivity index (χ1v) is 6.46. The summed E-state index contributed by atoms with van der Waals surface area (Å²) in [5.74, 6) is 0.926. The predicted molar refractivity (Wildman–Crippen MR) is 71.7 cm³/mol. The van der Waals surface area contributed by atoms with Crippen LogP contribution in [0, 0.1) is 5.92 Å². The van der Waals surface area contributed by atoms with Crippen LogP contribution in [0.15, 0.2) is 30.3 Å². The Balaban J connectivity index is 0.000000437. The number of carbonyl (C=O) groups is 1. The number of amides is 1. The van der Waals surface area contributed by atoms with E-state index in [2.05, 4.69) is 49.9 Å². The summed E-state index contributed by atoms with van der Waals surface area (Å²) in [5.41, 5.74) is 6.26. The third-order valence-corrected chi connectivity index (χ3v) is 4.19. The van der Waals surface area contributed by atoms with Crippen molar-refractivity contribution >= 4 is 6.41 Å². The van der Waals surface area contributed by atoms with Gasteiger partial charge < -0.3 is 5.73 Å². The van der Waals surface area contributed by atoms with E-state index in [4.69, 9.17) is 4.79 Å². The minimum atomic E-state index is 0.250. The van der Waals surface area contributed by atoms with Gasteiger partial charge in [-0.2, -0.15) is 0 Å². The van der Waals surface area contributed by atoms with Gasteiger partial charge in [0.15, 0.2) is 0 Å². The second-order valence-electron chi connectivity index (χ2n) is 4.66. The summed E-state index contributed by atoms with van der Waals surface area (Å²) < 4.78 is 0. The second kappa shape index (κ2) is 6.43. The highest BCUT2D eigenvalue weighted by Gasteiger charge is 2.44. The Morgan fingerprint density at radius 2 is 1.94 bits per heavy atom. The Morgan fingerprint density at radius 1 is 1.35 bits per heavy atom. The molecule has 1 aromatic carbocycles. The van der Waals surface area contributed by atoms with Crippen molar-refractivity contribution in [3.05, 3.63) is 35.9 Å². The molecule has 1 aliphatic rings. The summed E-state index contributed by atoms with van der Waals surface area (Å²) in [4.78, 5) is 8.58. The maximum atomic E-state index is 8.58. The number of rotatable bonds is 3. The molecule has 2 rings (SSSR count). The van der Waals surface area contributed by atoms with Crippen LogP contribution >= 0.6 is 0 Å². The lowest BCUT2D eigenvalue weighted by Crippen LogP contribution is -2.43. The summed E-state index contributed by atoms with van der Waals surface area (Å²) in [6.45, 7) is 4.67. The lowest BCUT2D eigenvalue weighted by molar-refractivity contribution is -0.106. The molecule has 1 amide bonds. The Hall–Kier alpha value is -1.31. The third kappa shape index (κ3) is 2.68. The van der Waals surface area contributed by atoms with Gasteiger partial charge in [-0.3, -0.25) is 4.79 Å². The zero-order valence-corrected chi connectivity index (χ0v) is 10.9. The average molecular weight is 233 g/mol. The van der Waals surface area contributed by atoms with E-state index in [0.29, 0.717) is 5.41 Å². The molecule has 2 nitrogen and oxygen atoms in total. The number of hydrogen-bond donors (Lipinski definition) is 1. The molecule has 0 aromatic heterocycles. The fourth-order valence-electron chi connectivity index (χ4n) is 3.11. The van der Waals surface area contributed by atoms with Gasteiger partial charge in [0.25, 0.3) is 0 Å². The van der Waals surface area contributed by atoms with Crippen LogP contribution in [0.1, 0.15) is 45.1 Å². The highest BCUT2D eigenvalue weighted by molar-refractivity contribution is 5.42. The van der Waals surface area contributed by atoms with Crippen molar-refractivity contribution in [3.63, 3.8) is 0 Å². The first-order valence-electron chi connectivity index (χ1n) is 6.46. The van der Waals surface area contributed by atoms with E-state index in [9.17, 15) is 0 Å². The minimum absolute atomic E-state index is 0.250. The van der Waals surface area contributed by atoms with Gasteiger partial charge >= 0.3 is 0 Å². The molecular weight excluding hydrogens is 210 g/mol. The van der Waals surface area contributed by atoms with Gasteiger partial charge in [-0.1, -0.05) is 50.6 Å². The Morgan fingerprint density at radius 3 is 2.29 bits per heavy atom. The molecule has 2 atom stereocenters. The predicted octanol–water partition coefficient (Wildman–Crippen LogP) is 3.26. The van der Waals surface area contributed by atoms with Crippen LogP contribution in [0.3, 0.4) is 0 Å². The molecule has 0 saturated heterocycles. The lowest BCUT2D eigenvalue weighted by atomic mass is 9.54. The van der Waals surface area contributed by atoms with Crippen LogP contribution in [0.25, 0.3) is 0 Å². The lowest BCUT2D eigenvalue weighted by Gasteiger charge is -2.50. The molecule has 17 heavy (non-hydrogen) atoms.